The van der Waals surface area contributed by atoms with Gasteiger partial charge in [0.2, 0.25) is 10.0 Å². The molecule has 7 nitrogen and oxygen atoms in total. The van der Waals surface area contributed by atoms with Gasteiger partial charge in [-0.25, -0.2) is 13.6 Å². The predicted molar refractivity (Wildman–Crippen MR) is 62.4 cm³/mol. The molecule has 1 amide bonds. The van der Waals surface area contributed by atoms with Crippen molar-refractivity contribution in [2.24, 2.45) is 10.9 Å². The van der Waals surface area contributed by atoms with Crippen LogP contribution in [0, 0.1) is 0 Å². The molecule has 1 aromatic heterocycles. The van der Waals surface area contributed by atoms with Crippen LogP contribution in [0.1, 0.15) is 10.6 Å². The van der Waals surface area contributed by atoms with Crippen molar-refractivity contribution < 1.29 is 17.6 Å². The number of primary sulfonamides is 1. The highest BCUT2D eigenvalue weighted by Gasteiger charge is 2.13. The van der Waals surface area contributed by atoms with Crippen LogP contribution in [0.3, 0.4) is 0 Å². The Morgan fingerprint density at radius 3 is 2.44 bits per heavy atom. The molecule has 0 spiro atoms. The molecular formula is C10H8N2O5S. The molecule has 0 aliphatic heterocycles. The number of carbonyl (C=O) groups is 1. The summed E-state index contributed by atoms with van der Waals surface area (Å²) in [6.07, 6.45) is 0. The Morgan fingerprint density at radius 2 is 1.89 bits per heavy atom. The number of primary amides is 1. The van der Waals surface area contributed by atoms with E-state index in [-0.39, 0.29) is 21.6 Å². The molecule has 0 fully saturated rings. The van der Waals surface area contributed by atoms with Gasteiger partial charge >= 0.3 is 0 Å². The lowest BCUT2D eigenvalue weighted by atomic mass is 10.2. The van der Waals surface area contributed by atoms with Crippen LogP contribution in [0.2, 0.25) is 0 Å². The number of hydrogen-bond donors (Lipinski definition) is 2. The van der Waals surface area contributed by atoms with Crippen molar-refractivity contribution in [2.75, 3.05) is 0 Å². The summed E-state index contributed by atoms with van der Waals surface area (Å²) in [6, 6.07) is 4.40. The molecule has 2 rings (SSSR count). The third-order valence-corrected chi connectivity index (χ3v) is 3.18. The fourth-order valence-electron chi connectivity index (χ4n) is 1.43. The lowest BCUT2D eigenvalue weighted by Gasteiger charge is -2.02. The first-order valence-electron chi connectivity index (χ1n) is 4.69. The predicted octanol–water partition coefficient (Wildman–Crippen LogP) is -0.461. The van der Waals surface area contributed by atoms with Crippen LogP contribution in [0.15, 0.2) is 38.4 Å². The van der Waals surface area contributed by atoms with Gasteiger partial charge in [0.05, 0.1) is 10.3 Å². The van der Waals surface area contributed by atoms with E-state index in [0.29, 0.717) is 0 Å². The third-order valence-electron chi connectivity index (χ3n) is 2.27. The second-order valence-electron chi connectivity index (χ2n) is 3.54. The fourth-order valence-corrected chi connectivity index (χ4v) is 1.97. The number of fused-ring (bicyclic) bond motifs is 1. The Balaban J connectivity index is 2.82. The highest BCUT2D eigenvalue weighted by molar-refractivity contribution is 7.89. The van der Waals surface area contributed by atoms with Gasteiger partial charge in [-0.15, -0.1) is 0 Å². The lowest BCUT2D eigenvalue weighted by molar-refractivity contribution is 0.0974. The third kappa shape index (κ3) is 2.11. The second kappa shape index (κ2) is 3.93. The minimum absolute atomic E-state index is 0.00604. The summed E-state index contributed by atoms with van der Waals surface area (Å²) >= 11 is 0. The highest BCUT2D eigenvalue weighted by atomic mass is 32.2. The van der Waals surface area contributed by atoms with Crippen molar-refractivity contribution in [1.29, 1.82) is 0 Å². The monoisotopic (exact) mass is 268 g/mol. The molecule has 1 aromatic carbocycles. The summed E-state index contributed by atoms with van der Waals surface area (Å²) in [5.74, 6) is -1.18. The normalized spacial score (nSPS) is 11.6. The standard InChI is InChI=1S/C10H8N2O5S/c11-10(14)9-4-7(13)6-3-5(18(12,15)16)1-2-8(6)17-9/h1-4H,(H2,11,14)(H2,12,15,16). The zero-order chi connectivity index (χ0) is 13.5. The smallest absolute Gasteiger partial charge is 0.284 e. The Labute approximate surface area is 101 Å². The number of carbonyl (C=O) groups excluding carboxylic acids is 1. The largest absolute Gasteiger partial charge is 0.451 e. The van der Waals surface area contributed by atoms with Crippen LogP contribution in [-0.4, -0.2) is 14.3 Å². The first-order chi connectivity index (χ1) is 8.29. The zero-order valence-corrected chi connectivity index (χ0v) is 9.73. The quantitative estimate of drug-likeness (QED) is 0.760. The van der Waals surface area contributed by atoms with Crippen molar-refractivity contribution in [2.45, 2.75) is 4.90 Å². The van der Waals surface area contributed by atoms with Crippen molar-refractivity contribution >= 4 is 26.9 Å². The maximum atomic E-state index is 11.7. The van der Waals surface area contributed by atoms with E-state index in [9.17, 15) is 18.0 Å². The number of benzene rings is 1. The van der Waals surface area contributed by atoms with E-state index in [2.05, 4.69) is 0 Å². The molecule has 94 valence electrons. The van der Waals surface area contributed by atoms with Crippen LogP contribution in [0.5, 0.6) is 0 Å². The van der Waals surface area contributed by atoms with E-state index in [1.807, 2.05) is 0 Å². The van der Waals surface area contributed by atoms with Crippen molar-refractivity contribution in [3.63, 3.8) is 0 Å². The summed E-state index contributed by atoms with van der Waals surface area (Å²) in [5.41, 5.74) is 4.47. The van der Waals surface area contributed by atoms with Crippen LogP contribution in [-0.2, 0) is 10.0 Å². The molecule has 0 atom stereocenters. The van der Waals surface area contributed by atoms with Crippen molar-refractivity contribution in [1.82, 2.24) is 0 Å². The molecule has 0 aliphatic rings. The second-order valence-corrected chi connectivity index (χ2v) is 5.10. The van der Waals surface area contributed by atoms with Crippen molar-refractivity contribution in [3.05, 3.63) is 40.2 Å². The minimum Gasteiger partial charge on any atom is -0.451 e. The number of amides is 1. The Morgan fingerprint density at radius 1 is 1.22 bits per heavy atom. The highest BCUT2D eigenvalue weighted by Crippen LogP contribution is 2.16. The van der Waals surface area contributed by atoms with Gasteiger partial charge in [-0.2, -0.15) is 0 Å². The van der Waals surface area contributed by atoms with Crippen LogP contribution < -0.4 is 16.3 Å². The molecule has 18 heavy (non-hydrogen) atoms. The van der Waals surface area contributed by atoms with E-state index >= 15 is 0 Å². The first-order valence-corrected chi connectivity index (χ1v) is 6.24. The molecule has 0 aliphatic carbocycles. The van der Waals surface area contributed by atoms with Gasteiger partial charge in [0.15, 0.2) is 11.2 Å². The van der Waals surface area contributed by atoms with Gasteiger partial charge in [0, 0.05) is 6.07 Å². The summed E-state index contributed by atoms with van der Waals surface area (Å²) in [5, 5.41) is 4.95. The molecule has 0 saturated carbocycles. The molecule has 4 N–H and O–H groups in total. The Bertz CT molecular complexity index is 807. The Hall–Kier alpha value is -2.19. The topological polar surface area (TPSA) is 133 Å². The lowest BCUT2D eigenvalue weighted by Crippen LogP contribution is -2.15. The zero-order valence-electron chi connectivity index (χ0n) is 8.91. The van der Waals surface area contributed by atoms with E-state index in [0.717, 1.165) is 12.1 Å². The molecule has 2 aromatic rings. The summed E-state index contributed by atoms with van der Waals surface area (Å²) in [4.78, 5) is 22.4. The van der Waals surface area contributed by atoms with Crippen LogP contribution in [0.4, 0.5) is 0 Å². The molecule has 0 unspecified atom stereocenters. The number of rotatable bonds is 2. The van der Waals surface area contributed by atoms with Gasteiger partial charge in [-0.1, -0.05) is 0 Å². The molecule has 0 radical (unpaired) electrons. The first kappa shape index (κ1) is 12.3. The molecule has 0 saturated heterocycles. The van der Waals surface area contributed by atoms with E-state index in [1.54, 1.807) is 0 Å². The number of nitrogens with two attached hydrogens (primary N) is 2. The summed E-state index contributed by atoms with van der Waals surface area (Å²) in [6.45, 7) is 0. The van der Waals surface area contributed by atoms with E-state index in [1.165, 1.54) is 12.1 Å². The summed E-state index contributed by atoms with van der Waals surface area (Å²) in [7, 11) is -3.91. The fraction of sp³-hybridized carbons (Fsp3) is 0. The van der Waals surface area contributed by atoms with Gasteiger partial charge < -0.3 is 10.2 Å². The molecular weight excluding hydrogens is 260 g/mol. The SMILES string of the molecule is NC(=O)c1cc(=O)c2cc(S(N)(=O)=O)ccc2o1. The summed E-state index contributed by atoms with van der Waals surface area (Å²) < 4.78 is 27.3. The van der Waals surface area contributed by atoms with E-state index in [4.69, 9.17) is 15.3 Å². The van der Waals surface area contributed by atoms with Gasteiger partial charge in [-0.05, 0) is 18.2 Å². The van der Waals surface area contributed by atoms with Gasteiger partial charge in [-0.3, -0.25) is 9.59 Å². The molecule has 0 bridgehead atoms. The number of sulfonamides is 1. The minimum atomic E-state index is -3.91. The molecule has 1 heterocycles. The van der Waals surface area contributed by atoms with Gasteiger partial charge in [0.25, 0.3) is 5.91 Å². The average molecular weight is 268 g/mol. The Kier molecular flexibility index (Phi) is 2.68. The molecule has 8 heteroatoms. The van der Waals surface area contributed by atoms with Crippen LogP contribution in [0.25, 0.3) is 11.0 Å². The number of hydrogen-bond acceptors (Lipinski definition) is 5. The maximum absolute atomic E-state index is 11.7. The average Bonchev–Trinajstić information content (AvgIpc) is 2.27. The van der Waals surface area contributed by atoms with Gasteiger partial charge in [0.1, 0.15) is 5.58 Å². The van der Waals surface area contributed by atoms with Crippen LogP contribution >= 0.6 is 0 Å². The maximum Gasteiger partial charge on any atom is 0.284 e. The van der Waals surface area contributed by atoms with E-state index < -0.39 is 21.4 Å². The van der Waals surface area contributed by atoms with Crippen molar-refractivity contribution in [3.8, 4) is 0 Å².